The molecule has 0 radical (unpaired) electrons. The van der Waals surface area contributed by atoms with Crippen molar-refractivity contribution in [1.29, 1.82) is 0 Å². The highest BCUT2D eigenvalue weighted by Gasteiger charge is 2.37. The van der Waals surface area contributed by atoms with E-state index in [4.69, 9.17) is 19.4 Å². The maximum atomic E-state index is 13.9. The van der Waals surface area contributed by atoms with Crippen LogP contribution in [0.2, 0.25) is 0 Å². The minimum absolute atomic E-state index is 0.0152. The number of likely N-dealkylation sites (N-methyl/N-ethyl adjacent to an activating group) is 1. The number of carbonyl (C=O) groups is 2. The Hall–Kier alpha value is -4.38. The number of anilines is 2. The molecule has 2 amide bonds. The van der Waals surface area contributed by atoms with Gasteiger partial charge in [-0.1, -0.05) is 19.1 Å². The van der Waals surface area contributed by atoms with Gasteiger partial charge in [0.1, 0.15) is 11.6 Å². The molecule has 3 aromatic rings. The smallest absolute Gasteiger partial charge is 0.237 e. The Balaban J connectivity index is 1.21. The number of phenolic OH excluding ortho intramolecular Hbond substituents is 1. The summed E-state index contributed by atoms with van der Waals surface area (Å²) < 4.78 is 11.9. The summed E-state index contributed by atoms with van der Waals surface area (Å²) in [5.41, 5.74) is 2.61. The maximum Gasteiger partial charge on any atom is 0.237 e. The number of amides is 2. The number of methoxy groups -OCH3 is 1. The van der Waals surface area contributed by atoms with Crippen LogP contribution in [0.3, 0.4) is 0 Å². The van der Waals surface area contributed by atoms with E-state index in [1.54, 1.807) is 36.5 Å². The van der Waals surface area contributed by atoms with Crippen LogP contribution in [-0.2, 0) is 16.0 Å². The van der Waals surface area contributed by atoms with Gasteiger partial charge in [0.15, 0.2) is 17.3 Å². The summed E-state index contributed by atoms with van der Waals surface area (Å²) in [5, 5.41) is 10.0. The van der Waals surface area contributed by atoms with E-state index in [0.717, 1.165) is 67.8 Å². The summed E-state index contributed by atoms with van der Waals surface area (Å²) in [5.74, 6) is 3.22. The molecule has 2 aliphatic heterocycles. The Labute approximate surface area is 277 Å². The topological polar surface area (TPSA) is 112 Å². The van der Waals surface area contributed by atoms with Crippen molar-refractivity contribution in [3.63, 3.8) is 0 Å². The second kappa shape index (κ2) is 13.8. The van der Waals surface area contributed by atoms with Gasteiger partial charge in [0, 0.05) is 26.7 Å². The second-order valence-corrected chi connectivity index (χ2v) is 13.2. The lowest BCUT2D eigenvalue weighted by molar-refractivity contribution is -0.125. The quantitative estimate of drug-likeness (QED) is 0.334. The third kappa shape index (κ3) is 6.86. The van der Waals surface area contributed by atoms with E-state index in [1.165, 1.54) is 0 Å². The zero-order valence-corrected chi connectivity index (χ0v) is 28.1. The molecular weight excluding hydrogens is 596 g/mol. The van der Waals surface area contributed by atoms with Crippen molar-refractivity contribution in [1.82, 2.24) is 19.8 Å². The number of nitrogens with zero attached hydrogens (tertiary/aromatic N) is 6. The predicted octanol–water partition coefficient (Wildman–Crippen LogP) is 4.77. The largest absolute Gasteiger partial charge is 0.508 e. The van der Waals surface area contributed by atoms with Gasteiger partial charge in [-0.2, -0.15) is 0 Å². The zero-order chi connectivity index (χ0) is 33.2. The third-order valence-electron chi connectivity index (χ3n) is 9.99. The van der Waals surface area contributed by atoms with Crippen molar-refractivity contribution >= 4 is 23.5 Å². The number of aromatic nitrogens is 2. The van der Waals surface area contributed by atoms with Crippen molar-refractivity contribution in [3.8, 4) is 17.2 Å². The molecule has 1 saturated carbocycles. The molecule has 11 nitrogen and oxygen atoms in total. The number of hydrogen-bond donors (Lipinski definition) is 1. The van der Waals surface area contributed by atoms with Gasteiger partial charge in [0.25, 0.3) is 0 Å². The molecule has 3 aliphatic rings. The summed E-state index contributed by atoms with van der Waals surface area (Å²) in [6.45, 7) is 6.22. The van der Waals surface area contributed by atoms with Crippen molar-refractivity contribution in [2.45, 2.75) is 70.6 Å². The van der Waals surface area contributed by atoms with Crippen LogP contribution in [0.4, 0.5) is 11.6 Å². The SMILES string of the molecule is CCC(C)Oc1cc2c(cc1OC)CC(=O)N(c1cnc(N(C)CC3CCC(N4CC(=O)N(C)C4)CC3)cn1)C2c1ccc(O)cc1. The molecular formula is C36H46N6O5. The molecule has 3 heterocycles. The Morgan fingerprint density at radius 2 is 1.77 bits per heavy atom. The Morgan fingerprint density at radius 1 is 1.02 bits per heavy atom. The van der Waals surface area contributed by atoms with Crippen molar-refractivity contribution in [2.24, 2.45) is 5.92 Å². The number of hydrogen-bond acceptors (Lipinski definition) is 9. The summed E-state index contributed by atoms with van der Waals surface area (Å²) in [4.78, 5) is 43.4. The molecule has 2 atom stereocenters. The molecule has 1 N–H and O–H groups in total. The molecule has 0 spiro atoms. The van der Waals surface area contributed by atoms with E-state index >= 15 is 0 Å². The van der Waals surface area contributed by atoms with Gasteiger partial charge < -0.3 is 24.4 Å². The van der Waals surface area contributed by atoms with Crippen LogP contribution < -0.4 is 19.3 Å². The molecule has 2 aromatic carbocycles. The molecule has 2 fully saturated rings. The fourth-order valence-electron chi connectivity index (χ4n) is 7.10. The lowest BCUT2D eigenvalue weighted by Crippen LogP contribution is -2.41. The van der Waals surface area contributed by atoms with Crippen LogP contribution >= 0.6 is 0 Å². The first-order chi connectivity index (χ1) is 22.6. The van der Waals surface area contributed by atoms with E-state index in [-0.39, 0.29) is 30.1 Å². The first-order valence-corrected chi connectivity index (χ1v) is 16.6. The average Bonchev–Trinajstić information content (AvgIpc) is 3.42. The van der Waals surface area contributed by atoms with E-state index in [1.807, 2.05) is 50.2 Å². The number of carbonyl (C=O) groups excluding carboxylic acids is 2. The van der Waals surface area contributed by atoms with Gasteiger partial charge in [-0.05, 0) is 85.9 Å². The lowest BCUT2D eigenvalue weighted by Gasteiger charge is -2.37. The third-order valence-corrected chi connectivity index (χ3v) is 9.99. The number of ether oxygens (including phenoxy) is 2. The highest BCUT2D eigenvalue weighted by atomic mass is 16.5. The normalized spacial score (nSPS) is 22.3. The van der Waals surface area contributed by atoms with Crippen LogP contribution in [0.1, 0.15) is 68.7 Å². The number of benzene rings is 2. The number of phenols is 1. The molecule has 6 rings (SSSR count). The van der Waals surface area contributed by atoms with E-state index in [2.05, 4.69) is 16.7 Å². The average molecular weight is 643 g/mol. The minimum Gasteiger partial charge on any atom is -0.508 e. The molecule has 2 unspecified atom stereocenters. The van der Waals surface area contributed by atoms with Gasteiger partial charge in [-0.15, -0.1) is 0 Å². The van der Waals surface area contributed by atoms with Gasteiger partial charge in [0.2, 0.25) is 11.8 Å². The summed E-state index contributed by atoms with van der Waals surface area (Å²) in [6, 6.07) is 10.8. The number of rotatable bonds is 10. The second-order valence-electron chi connectivity index (χ2n) is 13.2. The molecule has 250 valence electrons. The number of fused-ring (bicyclic) bond motifs is 1. The van der Waals surface area contributed by atoms with Crippen LogP contribution in [0.25, 0.3) is 0 Å². The predicted molar refractivity (Wildman–Crippen MR) is 180 cm³/mol. The molecule has 1 aromatic heterocycles. The Morgan fingerprint density at radius 3 is 2.38 bits per heavy atom. The summed E-state index contributed by atoms with van der Waals surface area (Å²) in [7, 11) is 5.52. The monoisotopic (exact) mass is 642 g/mol. The highest BCUT2D eigenvalue weighted by Crippen LogP contribution is 2.43. The fraction of sp³-hybridized carbons (Fsp3) is 0.500. The highest BCUT2D eigenvalue weighted by molar-refractivity contribution is 5.97. The van der Waals surface area contributed by atoms with Crippen molar-refractivity contribution in [3.05, 3.63) is 65.5 Å². The molecule has 11 heteroatoms. The van der Waals surface area contributed by atoms with Crippen LogP contribution in [0.15, 0.2) is 48.8 Å². The molecule has 1 saturated heterocycles. The minimum atomic E-state index is -0.504. The zero-order valence-electron chi connectivity index (χ0n) is 28.1. The molecule has 47 heavy (non-hydrogen) atoms. The number of aromatic hydroxyl groups is 1. The standard InChI is InChI=1S/C36H46N6O5/c1-6-23(2)47-31-17-29-26(15-30(31)46-5)16-34(44)42(36(29)25-9-13-28(43)14-10-25)33-19-37-32(18-38-33)39(3)20-24-7-11-27(12-8-24)41-21-35(45)40(4)22-41/h9-10,13-15,17-19,23-24,27,36,43H,6-8,11-12,16,20-22H2,1-5H3. The molecule has 1 aliphatic carbocycles. The fourth-order valence-corrected chi connectivity index (χ4v) is 7.10. The first-order valence-electron chi connectivity index (χ1n) is 16.6. The summed E-state index contributed by atoms with van der Waals surface area (Å²) in [6.07, 6.45) is 8.83. The van der Waals surface area contributed by atoms with Crippen LogP contribution in [0, 0.1) is 5.92 Å². The van der Waals surface area contributed by atoms with E-state index in [0.29, 0.717) is 35.8 Å². The van der Waals surface area contributed by atoms with Crippen molar-refractivity contribution in [2.75, 3.05) is 50.8 Å². The first kappa shape index (κ1) is 32.6. The van der Waals surface area contributed by atoms with E-state index < -0.39 is 6.04 Å². The van der Waals surface area contributed by atoms with Crippen LogP contribution in [0.5, 0.6) is 17.2 Å². The van der Waals surface area contributed by atoms with Gasteiger partial charge in [-0.3, -0.25) is 19.4 Å². The Kier molecular flexibility index (Phi) is 9.54. The summed E-state index contributed by atoms with van der Waals surface area (Å²) >= 11 is 0. The van der Waals surface area contributed by atoms with Gasteiger partial charge in [-0.25, -0.2) is 9.97 Å². The molecule has 0 bridgehead atoms. The maximum absolute atomic E-state index is 13.9. The van der Waals surface area contributed by atoms with Crippen LogP contribution in [-0.4, -0.2) is 89.8 Å². The van der Waals surface area contributed by atoms with Gasteiger partial charge >= 0.3 is 0 Å². The Bertz CT molecular complexity index is 1570. The van der Waals surface area contributed by atoms with E-state index in [9.17, 15) is 14.7 Å². The van der Waals surface area contributed by atoms with Crippen molar-refractivity contribution < 1.29 is 24.2 Å². The van der Waals surface area contributed by atoms with Gasteiger partial charge in [0.05, 0.1) is 51.3 Å². The lowest BCUT2D eigenvalue weighted by atomic mass is 9.85.